The van der Waals surface area contributed by atoms with Crippen LogP contribution < -0.4 is 5.32 Å². The monoisotopic (exact) mass is 396 g/mol. The van der Waals surface area contributed by atoms with Gasteiger partial charge in [-0.2, -0.15) is 0 Å². The van der Waals surface area contributed by atoms with E-state index < -0.39 is 0 Å². The molecule has 2 nitrogen and oxygen atoms in total. The summed E-state index contributed by atoms with van der Waals surface area (Å²) in [6.45, 7) is 4.87. The third-order valence-electron chi connectivity index (χ3n) is 2.09. The summed E-state index contributed by atoms with van der Waals surface area (Å²) in [6.07, 6.45) is 0. The van der Waals surface area contributed by atoms with Crippen LogP contribution in [0.2, 0.25) is 0 Å². The van der Waals surface area contributed by atoms with Crippen molar-refractivity contribution >= 4 is 56.0 Å². The molecule has 1 fully saturated rings. The first-order chi connectivity index (χ1) is 3.65. The molecule has 0 saturated carbocycles. The summed E-state index contributed by atoms with van der Waals surface area (Å²) < 4.78 is 2.71. The van der Waals surface area contributed by atoms with Gasteiger partial charge in [0.25, 0.3) is 0 Å². The van der Waals surface area contributed by atoms with Crippen LogP contribution in [-0.4, -0.2) is 68.8 Å². The minimum atomic E-state index is 0.640. The first-order valence-corrected chi connectivity index (χ1v) is 8.91. The number of nitrogens with zero attached hydrogens (tertiary/aromatic N) is 1. The van der Waals surface area contributed by atoms with Crippen LogP contribution in [0.15, 0.2) is 0 Å². The van der Waals surface area contributed by atoms with E-state index in [-0.39, 0.29) is 0 Å². The van der Waals surface area contributed by atoms with Crippen molar-refractivity contribution in [2.75, 3.05) is 13.1 Å². The molecule has 0 aromatic heterocycles. The van der Waals surface area contributed by atoms with Crippen LogP contribution in [0.5, 0.6) is 0 Å². The zero-order chi connectivity index (χ0) is 6.20. The van der Waals surface area contributed by atoms with Crippen LogP contribution in [-0.2, 0) is 0 Å². The van der Waals surface area contributed by atoms with Crippen molar-refractivity contribution in [1.29, 1.82) is 0 Å². The molecule has 0 aliphatic carbocycles. The standard InChI is InChI=1S/C4H8N2.Ra.Rb.H/c1-4(5)2-6-3-4;;;/h6H,2-3H2,1H3;;;. The molecule has 1 heterocycles. The van der Waals surface area contributed by atoms with Gasteiger partial charge in [0.2, 0.25) is 0 Å². The van der Waals surface area contributed by atoms with E-state index in [1.165, 1.54) is 13.1 Å². The molecule has 1 aliphatic rings. The zero-order valence-electron chi connectivity index (χ0n) is 5.86. The molecule has 0 radical (unpaired) electrons. The van der Waals surface area contributed by atoms with Crippen molar-refractivity contribution in [3.8, 4) is 0 Å². The van der Waals surface area contributed by atoms with Gasteiger partial charge >= 0.3 is 124 Å². The van der Waals surface area contributed by atoms with Gasteiger partial charge in [-0.05, 0) is 0 Å². The van der Waals surface area contributed by atoms with Crippen LogP contribution in [0.3, 0.4) is 0 Å². The average molecular weight is 397 g/mol. The Hall–Kier alpha value is 3.19. The topological polar surface area (TPSA) is 15.3 Å². The van der Waals surface area contributed by atoms with Crippen LogP contribution in [0.1, 0.15) is 6.92 Å². The molecule has 38 valence electrons. The van der Waals surface area contributed by atoms with Gasteiger partial charge in [0.15, 0.2) is 0 Å². The second kappa shape index (κ2) is 3.73. The Labute approximate surface area is 120 Å². The molecule has 0 unspecified atom stereocenters. The maximum absolute atomic E-state index is 3.31. The average Bonchev–Trinajstić information content (AvgIpc) is 1.60. The van der Waals surface area contributed by atoms with E-state index in [1.807, 2.05) is 0 Å². The Morgan fingerprint density at radius 3 is 2.25 bits per heavy atom. The third-order valence-corrected chi connectivity index (χ3v) is 9.18. The number of nitrogens with one attached hydrogen (secondary N) is 1. The third kappa shape index (κ3) is 2.09. The Morgan fingerprint density at radius 2 is 2.25 bits per heavy atom. The molecule has 8 heavy (non-hydrogen) atoms. The molecule has 0 bridgehead atoms. The quantitative estimate of drug-likeness (QED) is 0.607. The first kappa shape index (κ1) is 9.28. The Balaban J connectivity index is 2.41. The summed E-state index contributed by atoms with van der Waals surface area (Å²) in [5.41, 5.74) is 0.640. The predicted molar refractivity (Wildman–Crippen MR) is 30.3 cm³/mol. The molecule has 0 amide bonds. The molecule has 1 N–H and O–H groups in total. The predicted octanol–water partition coefficient (Wildman–Crippen LogP) is -1.07. The fourth-order valence-corrected chi connectivity index (χ4v) is 2.88. The summed E-state index contributed by atoms with van der Waals surface area (Å²) >= 11 is 1.46. The summed E-state index contributed by atoms with van der Waals surface area (Å²) in [6, 6.07) is 0. The second-order valence-electron chi connectivity index (χ2n) is 2.99. The van der Waals surface area contributed by atoms with Gasteiger partial charge in [0.1, 0.15) is 0 Å². The second-order valence-corrected chi connectivity index (χ2v) is 29.9. The van der Waals surface area contributed by atoms with Gasteiger partial charge in [-0.1, -0.05) is 0 Å². The van der Waals surface area contributed by atoms with Crippen molar-refractivity contribution in [2.45, 2.75) is 12.5 Å². The number of hydrogen-bond acceptors (Lipinski definition) is 2. The van der Waals surface area contributed by atoms with Gasteiger partial charge in [-0.15, -0.1) is 0 Å². The van der Waals surface area contributed by atoms with E-state index in [4.69, 9.17) is 0 Å². The summed E-state index contributed by atoms with van der Waals surface area (Å²) in [5, 5.41) is 3.31. The van der Waals surface area contributed by atoms with Crippen LogP contribution >= 0.6 is 0 Å². The molecular formula is C4H9N2RaRb. The number of hydrogen-bond donors (Lipinski definition) is 1. The molecule has 0 atom stereocenters. The van der Waals surface area contributed by atoms with Crippen molar-refractivity contribution < 1.29 is 43.2 Å². The number of rotatable bonds is 1. The van der Waals surface area contributed by atoms with Crippen molar-refractivity contribution in [3.63, 3.8) is 0 Å². The van der Waals surface area contributed by atoms with Gasteiger partial charge in [0, 0.05) is 0 Å². The SMILES string of the molecule is CC1([N]([Rb])[RaH])CNC1. The Bertz CT molecular complexity index is 92.0. The van der Waals surface area contributed by atoms with E-state index in [9.17, 15) is 0 Å². The van der Waals surface area contributed by atoms with E-state index in [1.54, 1.807) is 0 Å². The van der Waals surface area contributed by atoms with Crippen molar-refractivity contribution in [2.24, 2.45) is 0 Å². The minimum absolute atomic E-state index is 0.640. The molecule has 0 spiro atoms. The molecular weight excluding hydrogens is 388 g/mol. The summed E-state index contributed by atoms with van der Waals surface area (Å²) in [4.78, 5) is 0. The van der Waals surface area contributed by atoms with E-state index >= 15 is 0 Å². The summed E-state index contributed by atoms with van der Waals surface area (Å²) in [7, 11) is 0. The first-order valence-electron chi connectivity index (χ1n) is 3.03. The maximum atomic E-state index is 3.31. The molecule has 1 saturated heterocycles. The normalized spacial score (nSPS) is 25.4. The van der Waals surface area contributed by atoms with Crippen molar-refractivity contribution in [1.82, 2.24) is -0.508 Å². The molecule has 1 rings (SSSR count). The zero-order valence-corrected chi connectivity index (χ0v) is 19.0. The molecule has 1 aliphatic heterocycles. The van der Waals surface area contributed by atoms with Gasteiger partial charge < -0.3 is 0 Å². The van der Waals surface area contributed by atoms with Crippen LogP contribution in [0, 0.1) is 43.2 Å². The Morgan fingerprint density at radius 1 is 1.75 bits per heavy atom. The fraction of sp³-hybridized carbons (Fsp3) is 1.00. The van der Waals surface area contributed by atoms with E-state index in [2.05, 4.69) is 6.42 Å². The van der Waals surface area contributed by atoms with Gasteiger partial charge in [-0.25, -0.2) is 0 Å². The molecule has 4 heteroatoms. The van der Waals surface area contributed by atoms with Gasteiger partial charge in [0.05, 0.1) is 0 Å². The molecule has 0 aromatic rings. The van der Waals surface area contributed by atoms with Crippen LogP contribution in [0.4, 0.5) is 0 Å². The van der Waals surface area contributed by atoms with Gasteiger partial charge in [-0.3, -0.25) is 0 Å². The Kier molecular flexibility index (Phi) is 4.33. The van der Waals surface area contributed by atoms with E-state index in [0.29, 0.717) is 48.7 Å². The van der Waals surface area contributed by atoms with Crippen molar-refractivity contribution in [3.05, 3.63) is 0 Å². The summed E-state index contributed by atoms with van der Waals surface area (Å²) in [5.74, 6) is 0. The van der Waals surface area contributed by atoms with E-state index in [0.717, 1.165) is 56.0 Å². The van der Waals surface area contributed by atoms with Crippen LogP contribution in [0.25, 0.3) is 0 Å². The fourth-order valence-electron chi connectivity index (χ4n) is 0.803. The molecule has 0 aromatic carbocycles.